The number of rotatable bonds is 7. The van der Waals surface area contributed by atoms with E-state index in [2.05, 4.69) is 51.0 Å². The molecule has 2 heterocycles. The molecule has 4 rings (SSSR count). The van der Waals surface area contributed by atoms with E-state index in [1.165, 1.54) is 5.56 Å². The van der Waals surface area contributed by atoms with Gasteiger partial charge in [-0.15, -0.1) is 0 Å². The van der Waals surface area contributed by atoms with Crippen molar-refractivity contribution >= 4 is 33.4 Å². The van der Waals surface area contributed by atoms with E-state index in [-0.39, 0.29) is 24.2 Å². The normalized spacial score (nSPS) is 23.4. The quantitative estimate of drug-likeness (QED) is 0.629. The Morgan fingerprint density at radius 2 is 1.87 bits per heavy atom. The fraction of sp³-hybridized carbons (Fsp3) is 0.417. The van der Waals surface area contributed by atoms with Crippen molar-refractivity contribution in [1.29, 1.82) is 0 Å². The maximum atomic E-state index is 12.9. The average Bonchev–Trinajstić information content (AvgIpc) is 3.41. The molecule has 0 saturated carbocycles. The van der Waals surface area contributed by atoms with Gasteiger partial charge in [-0.1, -0.05) is 42.5 Å². The SMILES string of the molecule is CN(CCCC1CC(c2ccccc2)NN1)C(=O)C1CC(=O)N(c2ccccc2Br)C1. The molecule has 164 valence electrons. The third-order valence-electron chi connectivity index (χ3n) is 6.22. The Morgan fingerprint density at radius 1 is 1.13 bits per heavy atom. The lowest BCUT2D eigenvalue weighted by molar-refractivity contribution is -0.134. The molecule has 2 fully saturated rings. The summed E-state index contributed by atoms with van der Waals surface area (Å²) in [5.74, 6) is -0.215. The monoisotopic (exact) mass is 484 g/mol. The van der Waals surface area contributed by atoms with Crippen LogP contribution in [0.1, 0.15) is 37.3 Å². The number of halogens is 1. The zero-order valence-electron chi connectivity index (χ0n) is 17.8. The van der Waals surface area contributed by atoms with Crippen molar-refractivity contribution in [1.82, 2.24) is 15.8 Å². The van der Waals surface area contributed by atoms with E-state index in [1.54, 1.807) is 9.80 Å². The van der Waals surface area contributed by atoms with Crippen LogP contribution >= 0.6 is 15.9 Å². The summed E-state index contributed by atoms with van der Waals surface area (Å²) in [7, 11) is 1.85. The molecule has 0 spiro atoms. The average molecular weight is 485 g/mol. The summed E-state index contributed by atoms with van der Waals surface area (Å²) in [4.78, 5) is 29.0. The predicted molar refractivity (Wildman–Crippen MR) is 125 cm³/mol. The highest BCUT2D eigenvalue weighted by molar-refractivity contribution is 9.10. The van der Waals surface area contributed by atoms with Crippen LogP contribution in [0.15, 0.2) is 59.1 Å². The number of benzene rings is 2. The van der Waals surface area contributed by atoms with Crippen LogP contribution in [0.25, 0.3) is 0 Å². The molecule has 3 atom stereocenters. The van der Waals surface area contributed by atoms with E-state index in [0.29, 0.717) is 25.2 Å². The number of hydrogen-bond acceptors (Lipinski definition) is 4. The van der Waals surface area contributed by atoms with Gasteiger partial charge in [-0.3, -0.25) is 20.4 Å². The summed E-state index contributed by atoms with van der Waals surface area (Å²) in [5.41, 5.74) is 8.90. The third-order valence-corrected chi connectivity index (χ3v) is 6.89. The molecule has 3 unspecified atom stereocenters. The van der Waals surface area contributed by atoms with Crippen molar-refractivity contribution in [3.8, 4) is 0 Å². The lowest BCUT2D eigenvalue weighted by Crippen LogP contribution is -2.36. The van der Waals surface area contributed by atoms with E-state index < -0.39 is 0 Å². The van der Waals surface area contributed by atoms with Crippen molar-refractivity contribution in [3.05, 3.63) is 64.6 Å². The van der Waals surface area contributed by atoms with Gasteiger partial charge in [-0.25, -0.2) is 0 Å². The largest absolute Gasteiger partial charge is 0.345 e. The van der Waals surface area contributed by atoms with Gasteiger partial charge in [0.2, 0.25) is 11.8 Å². The Kier molecular flexibility index (Phi) is 7.05. The number of para-hydroxylation sites is 1. The summed E-state index contributed by atoms with van der Waals surface area (Å²) >= 11 is 3.50. The van der Waals surface area contributed by atoms with Gasteiger partial charge in [0.25, 0.3) is 0 Å². The zero-order chi connectivity index (χ0) is 21.8. The lowest BCUT2D eigenvalue weighted by Gasteiger charge is -2.22. The molecule has 6 nitrogen and oxygen atoms in total. The van der Waals surface area contributed by atoms with Gasteiger partial charge in [-0.2, -0.15) is 0 Å². The first-order valence-corrected chi connectivity index (χ1v) is 11.7. The second kappa shape index (κ2) is 9.94. The fourth-order valence-electron chi connectivity index (χ4n) is 4.49. The van der Waals surface area contributed by atoms with E-state index in [4.69, 9.17) is 0 Å². The van der Waals surface area contributed by atoms with Gasteiger partial charge < -0.3 is 9.80 Å². The molecule has 31 heavy (non-hydrogen) atoms. The zero-order valence-corrected chi connectivity index (χ0v) is 19.3. The molecule has 2 saturated heterocycles. The number of anilines is 1. The molecule has 0 aliphatic carbocycles. The lowest BCUT2D eigenvalue weighted by atomic mass is 9.99. The number of nitrogens with zero attached hydrogens (tertiary/aromatic N) is 2. The summed E-state index contributed by atoms with van der Waals surface area (Å²) < 4.78 is 0.872. The molecular formula is C24H29BrN4O2. The summed E-state index contributed by atoms with van der Waals surface area (Å²) in [6.45, 7) is 1.14. The molecule has 2 aliphatic rings. The van der Waals surface area contributed by atoms with Gasteiger partial charge in [0.15, 0.2) is 0 Å². The first-order valence-electron chi connectivity index (χ1n) is 10.9. The molecule has 2 aromatic carbocycles. The van der Waals surface area contributed by atoms with E-state index in [0.717, 1.165) is 29.4 Å². The fourth-order valence-corrected chi connectivity index (χ4v) is 4.99. The highest BCUT2D eigenvalue weighted by Crippen LogP contribution is 2.32. The highest BCUT2D eigenvalue weighted by Gasteiger charge is 2.37. The van der Waals surface area contributed by atoms with E-state index in [1.807, 2.05) is 37.4 Å². The minimum Gasteiger partial charge on any atom is -0.345 e. The van der Waals surface area contributed by atoms with Crippen molar-refractivity contribution < 1.29 is 9.59 Å². The Labute approximate surface area is 192 Å². The first kappa shape index (κ1) is 22.0. The molecular weight excluding hydrogens is 456 g/mol. The van der Waals surface area contributed by atoms with Crippen LogP contribution in [0.4, 0.5) is 5.69 Å². The minimum atomic E-state index is -0.279. The Hall–Kier alpha value is -2.22. The number of hydrazine groups is 1. The van der Waals surface area contributed by atoms with Crippen LogP contribution in [-0.2, 0) is 9.59 Å². The number of hydrogen-bond donors (Lipinski definition) is 2. The molecule has 2 amide bonds. The van der Waals surface area contributed by atoms with Gasteiger partial charge in [0.05, 0.1) is 11.6 Å². The predicted octanol–water partition coefficient (Wildman–Crippen LogP) is 3.65. The topological polar surface area (TPSA) is 64.7 Å². The van der Waals surface area contributed by atoms with Gasteiger partial charge in [0.1, 0.15) is 0 Å². The van der Waals surface area contributed by atoms with Crippen LogP contribution in [0, 0.1) is 5.92 Å². The smallest absolute Gasteiger partial charge is 0.227 e. The van der Waals surface area contributed by atoms with Crippen LogP contribution in [0.3, 0.4) is 0 Å². The third kappa shape index (κ3) is 5.17. The minimum absolute atomic E-state index is 0.00633. The number of carbonyl (C=O) groups is 2. The van der Waals surface area contributed by atoms with Gasteiger partial charge >= 0.3 is 0 Å². The maximum absolute atomic E-state index is 12.9. The Morgan fingerprint density at radius 3 is 2.65 bits per heavy atom. The highest BCUT2D eigenvalue weighted by atomic mass is 79.9. The first-order chi connectivity index (χ1) is 15.0. The molecule has 0 bridgehead atoms. The van der Waals surface area contributed by atoms with Crippen molar-refractivity contribution in [2.24, 2.45) is 5.92 Å². The second-order valence-electron chi connectivity index (χ2n) is 8.44. The van der Waals surface area contributed by atoms with E-state index >= 15 is 0 Å². The maximum Gasteiger partial charge on any atom is 0.227 e. The Balaban J connectivity index is 1.23. The van der Waals surface area contributed by atoms with Gasteiger partial charge in [0, 0.05) is 43.1 Å². The number of carbonyl (C=O) groups excluding carboxylic acids is 2. The van der Waals surface area contributed by atoms with Crippen molar-refractivity contribution in [2.45, 2.75) is 37.8 Å². The van der Waals surface area contributed by atoms with Crippen LogP contribution in [0.5, 0.6) is 0 Å². The van der Waals surface area contributed by atoms with Crippen molar-refractivity contribution in [3.63, 3.8) is 0 Å². The summed E-state index contributed by atoms with van der Waals surface area (Å²) in [5, 5.41) is 0. The molecule has 2 aliphatic heterocycles. The standard InChI is InChI=1S/C24H29BrN4O2/c1-28(13-7-10-19-15-21(27-26-19)17-8-3-2-4-9-17)24(31)18-14-23(30)29(16-18)22-12-6-5-11-20(22)25/h2-6,8-9,11-12,18-19,21,26-27H,7,10,13-16H2,1H3. The Bertz CT molecular complexity index is 923. The van der Waals surface area contributed by atoms with Crippen molar-refractivity contribution in [2.75, 3.05) is 25.0 Å². The number of nitrogens with one attached hydrogen (secondary N) is 2. The van der Waals surface area contributed by atoms with Gasteiger partial charge in [-0.05, 0) is 52.9 Å². The van der Waals surface area contributed by atoms with Crippen LogP contribution in [0.2, 0.25) is 0 Å². The molecule has 2 N–H and O–H groups in total. The number of amides is 2. The van der Waals surface area contributed by atoms with Crippen LogP contribution in [-0.4, -0.2) is 42.9 Å². The van der Waals surface area contributed by atoms with Crippen LogP contribution < -0.4 is 15.8 Å². The summed E-state index contributed by atoms with van der Waals surface area (Å²) in [6, 6.07) is 18.8. The molecule has 7 heteroatoms. The summed E-state index contributed by atoms with van der Waals surface area (Å²) in [6.07, 6.45) is 3.25. The molecule has 2 aromatic rings. The molecule has 0 aromatic heterocycles. The second-order valence-corrected chi connectivity index (χ2v) is 9.30. The van der Waals surface area contributed by atoms with E-state index in [9.17, 15) is 9.59 Å². The molecule has 0 radical (unpaired) electrons.